The van der Waals surface area contributed by atoms with Crippen molar-refractivity contribution in [1.29, 1.82) is 0 Å². The van der Waals surface area contributed by atoms with Crippen LogP contribution in [0.1, 0.15) is 17.8 Å². The zero-order valence-corrected chi connectivity index (χ0v) is 8.66. The smallest absolute Gasteiger partial charge is 0.390 e. The first-order valence-electron chi connectivity index (χ1n) is 4.60. The maximum Gasteiger partial charge on any atom is 0.435 e. The lowest BCUT2D eigenvalue weighted by atomic mass is 10.3. The summed E-state index contributed by atoms with van der Waals surface area (Å²) >= 11 is 0. The van der Waals surface area contributed by atoms with Crippen LogP contribution in [0.5, 0.6) is 0 Å². The monoisotopic (exact) mass is 239 g/mol. The number of aromatic nitrogens is 3. The van der Waals surface area contributed by atoms with E-state index in [1.807, 2.05) is 0 Å². The van der Waals surface area contributed by atoms with Crippen molar-refractivity contribution in [3.8, 4) is 0 Å². The molecule has 1 aromatic heterocycles. The van der Waals surface area contributed by atoms with E-state index in [-0.39, 0.29) is 6.54 Å². The Morgan fingerprint density at radius 1 is 1.44 bits per heavy atom. The van der Waals surface area contributed by atoms with Crippen molar-refractivity contribution < 1.29 is 23.0 Å². The van der Waals surface area contributed by atoms with Crippen molar-refractivity contribution in [1.82, 2.24) is 15.0 Å². The van der Waals surface area contributed by atoms with Gasteiger partial charge in [0.05, 0.1) is 6.61 Å². The van der Waals surface area contributed by atoms with Crippen LogP contribution in [0.3, 0.4) is 0 Å². The Balaban J connectivity index is 2.88. The van der Waals surface area contributed by atoms with Gasteiger partial charge >= 0.3 is 6.18 Å². The molecule has 0 spiro atoms. The predicted octanol–water partition coefficient (Wildman–Crippen LogP) is 0.826. The van der Waals surface area contributed by atoms with E-state index >= 15 is 0 Å². The largest absolute Gasteiger partial charge is 0.435 e. The molecule has 0 amide bonds. The molecule has 5 nitrogen and oxygen atoms in total. The summed E-state index contributed by atoms with van der Waals surface area (Å²) in [6, 6.07) is 0. The van der Waals surface area contributed by atoms with Gasteiger partial charge in [0.1, 0.15) is 5.69 Å². The highest BCUT2D eigenvalue weighted by Crippen LogP contribution is 2.31. The maximum atomic E-state index is 12.6. The summed E-state index contributed by atoms with van der Waals surface area (Å²) in [4.78, 5) is 0. The first-order chi connectivity index (χ1) is 7.50. The van der Waals surface area contributed by atoms with Gasteiger partial charge < -0.3 is 9.84 Å². The van der Waals surface area contributed by atoms with Crippen molar-refractivity contribution in [2.45, 2.75) is 25.7 Å². The molecule has 16 heavy (non-hydrogen) atoms. The molecule has 0 atom stereocenters. The van der Waals surface area contributed by atoms with E-state index < -0.39 is 24.2 Å². The minimum absolute atomic E-state index is 0.0513. The van der Waals surface area contributed by atoms with Crippen molar-refractivity contribution in [2.24, 2.45) is 0 Å². The number of rotatable bonds is 5. The van der Waals surface area contributed by atoms with E-state index in [4.69, 9.17) is 9.84 Å². The average molecular weight is 239 g/mol. The maximum absolute atomic E-state index is 12.6. The highest BCUT2D eigenvalue weighted by Gasteiger charge is 2.38. The van der Waals surface area contributed by atoms with Crippen molar-refractivity contribution in [3.63, 3.8) is 0 Å². The standard InChI is InChI=1S/C8H12F3N3O2/c1-16-4-2-3-14-7(8(9,10)11)6(5-15)12-13-14/h15H,2-5H2,1H3. The molecule has 0 aliphatic heterocycles. The fourth-order valence-corrected chi connectivity index (χ4v) is 1.28. The molecule has 0 radical (unpaired) electrons. The number of nitrogens with zero attached hydrogens (tertiary/aromatic N) is 3. The lowest BCUT2D eigenvalue weighted by Gasteiger charge is -2.10. The van der Waals surface area contributed by atoms with Crippen molar-refractivity contribution in [3.05, 3.63) is 11.4 Å². The Morgan fingerprint density at radius 2 is 2.12 bits per heavy atom. The lowest BCUT2D eigenvalue weighted by molar-refractivity contribution is -0.145. The van der Waals surface area contributed by atoms with Crippen LogP contribution in [0.4, 0.5) is 13.2 Å². The molecule has 8 heteroatoms. The Hall–Kier alpha value is -1.15. The van der Waals surface area contributed by atoms with Crippen LogP contribution in [0.15, 0.2) is 0 Å². The predicted molar refractivity (Wildman–Crippen MR) is 47.4 cm³/mol. The molecule has 0 bridgehead atoms. The second kappa shape index (κ2) is 5.26. The van der Waals surface area contributed by atoms with Crippen LogP contribution in [0, 0.1) is 0 Å². The summed E-state index contributed by atoms with van der Waals surface area (Å²) in [5, 5.41) is 15.4. The van der Waals surface area contributed by atoms with E-state index in [0.717, 1.165) is 4.68 Å². The van der Waals surface area contributed by atoms with Gasteiger partial charge in [0, 0.05) is 20.3 Å². The normalized spacial score (nSPS) is 12.1. The van der Waals surface area contributed by atoms with Gasteiger partial charge in [0.15, 0.2) is 5.69 Å². The molecular formula is C8H12F3N3O2. The third-order valence-electron chi connectivity index (χ3n) is 1.94. The van der Waals surface area contributed by atoms with Gasteiger partial charge in [-0.1, -0.05) is 5.21 Å². The van der Waals surface area contributed by atoms with Gasteiger partial charge in [0.2, 0.25) is 0 Å². The molecule has 0 aromatic carbocycles. The molecule has 0 saturated carbocycles. The van der Waals surface area contributed by atoms with Gasteiger partial charge in [-0.05, 0) is 6.42 Å². The number of hydrogen-bond acceptors (Lipinski definition) is 4. The zero-order chi connectivity index (χ0) is 12.2. The molecule has 0 aliphatic carbocycles. The van der Waals surface area contributed by atoms with E-state index in [0.29, 0.717) is 13.0 Å². The molecule has 1 heterocycles. The second-order valence-corrected chi connectivity index (χ2v) is 3.11. The Bertz CT molecular complexity index is 338. The average Bonchev–Trinajstić information content (AvgIpc) is 2.61. The number of aryl methyl sites for hydroxylation is 1. The van der Waals surface area contributed by atoms with Crippen LogP contribution in [0.2, 0.25) is 0 Å². The topological polar surface area (TPSA) is 60.2 Å². The summed E-state index contributed by atoms with van der Waals surface area (Å²) in [6.45, 7) is -0.388. The number of alkyl halides is 3. The van der Waals surface area contributed by atoms with E-state index in [1.165, 1.54) is 7.11 Å². The van der Waals surface area contributed by atoms with Gasteiger partial charge in [0.25, 0.3) is 0 Å². The van der Waals surface area contributed by atoms with Crippen LogP contribution >= 0.6 is 0 Å². The molecule has 1 rings (SSSR count). The fourth-order valence-electron chi connectivity index (χ4n) is 1.28. The summed E-state index contributed by atoms with van der Waals surface area (Å²) < 4.78 is 43.3. The number of aliphatic hydroxyl groups is 1. The van der Waals surface area contributed by atoms with Crippen molar-refractivity contribution in [2.75, 3.05) is 13.7 Å². The summed E-state index contributed by atoms with van der Waals surface area (Å²) in [5.74, 6) is 0. The molecule has 0 fully saturated rings. The van der Waals surface area contributed by atoms with Crippen LogP contribution in [-0.4, -0.2) is 33.8 Å². The van der Waals surface area contributed by atoms with E-state index in [9.17, 15) is 13.2 Å². The zero-order valence-electron chi connectivity index (χ0n) is 8.66. The van der Waals surface area contributed by atoms with Crippen LogP contribution in [0.25, 0.3) is 0 Å². The third-order valence-corrected chi connectivity index (χ3v) is 1.94. The quantitative estimate of drug-likeness (QED) is 0.773. The Morgan fingerprint density at radius 3 is 2.62 bits per heavy atom. The number of hydrogen-bond donors (Lipinski definition) is 1. The van der Waals surface area contributed by atoms with Crippen molar-refractivity contribution >= 4 is 0 Å². The number of aliphatic hydroxyl groups excluding tert-OH is 1. The first-order valence-corrected chi connectivity index (χ1v) is 4.60. The second-order valence-electron chi connectivity index (χ2n) is 3.11. The van der Waals surface area contributed by atoms with E-state index in [2.05, 4.69) is 10.3 Å². The highest BCUT2D eigenvalue weighted by molar-refractivity contribution is 5.12. The van der Waals surface area contributed by atoms with Crippen LogP contribution < -0.4 is 0 Å². The highest BCUT2D eigenvalue weighted by atomic mass is 19.4. The lowest BCUT2D eigenvalue weighted by Crippen LogP contribution is -2.17. The summed E-state index contributed by atoms with van der Waals surface area (Å²) in [5.41, 5.74) is -1.45. The minimum Gasteiger partial charge on any atom is -0.390 e. The molecule has 92 valence electrons. The van der Waals surface area contributed by atoms with E-state index in [1.54, 1.807) is 0 Å². The Kier molecular flexibility index (Phi) is 4.25. The van der Waals surface area contributed by atoms with Gasteiger partial charge in [-0.15, -0.1) is 5.10 Å². The first kappa shape index (κ1) is 12.9. The third kappa shape index (κ3) is 2.92. The molecule has 1 N–H and O–H groups in total. The number of halogens is 3. The van der Waals surface area contributed by atoms with Crippen LogP contribution in [-0.2, 0) is 24.1 Å². The Labute approximate surface area is 89.8 Å². The molecule has 1 aromatic rings. The molecular weight excluding hydrogens is 227 g/mol. The molecule has 0 unspecified atom stereocenters. The number of methoxy groups -OCH3 is 1. The SMILES string of the molecule is COCCCn1nnc(CO)c1C(F)(F)F. The fraction of sp³-hybridized carbons (Fsp3) is 0.750. The molecule has 0 saturated heterocycles. The number of ether oxygens (including phenoxy) is 1. The van der Waals surface area contributed by atoms with Gasteiger partial charge in [-0.2, -0.15) is 13.2 Å². The van der Waals surface area contributed by atoms with Gasteiger partial charge in [-0.25, -0.2) is 4.68 Å². The molecule has 0 aliphatic rings. The minimum atomic E-state index is -4.56. The summed E-state index contributed by atoms with van der Waals surface area (Å²) in [6.07, 6.45) is -4.16. The summed E-state index contributed by atoms with van der Waals surface area (Å²) in [7, 11) is 1.46. The van der Waals surface area contributed by atoms with Gasteiger partial charge in [-0.3, -0.25) is 0 Å².